The van der Waals surface area contributed by atoms with E-state index in [0.717, 1.165) is 25.0 Å². The van der Waals surface area contributed by atoms with Crippen molar-refractivity contribution in [3.63, 3.8) is 0 Å². The van der Waals surface area contributed by atoms with Gasteiger partial charge in [0.25, 0.3) is 0 Å². The fourth-order valence-electron chi connectivity index (χ4n) is 2.06. The van der Waals surface area contributed by atoms with Crippen molar-refractivity contribution in [2.45, 2.75) is 46.1 Å². The SMILES string of the molecule is CCC(O)C(/C=C/CCOc1cccc(C)c1)CC. The smallest absolute Gasteiger partial charge is 0.119 e. The third kappa shape index (κ3) is 5.93. The molecule has 1 rings (SSSR count). The van der Waals surface area contributed by atoms with E-state index in [2.05, 4.69) is 32.1 Å². The first-order chi connectivity index (χ1) is 9.17. The molecule has 0 amide bonds. The van der Waals surface area contributed by atoms with Gasteiger partial charge in [-0.25, -0.2) is 0 Å². The molecule has 106 valence electrons. The predicted octanol–water partition coefficient (Wildman–Crippen LogP) is 4.12. The lowest BCUT2D eigenvalue weighted by molar-refractivity contribution is 0.124. The predicted molar refractivity (Wildman–Crippen MR) is 80.5 cm³/mol. The molecule has 0 radical (unpaired) electrons. The lowest BCUT2D eigenvalue weighted by Gasteiger charge is -2.16. The molecule has 0 spiro atoms. The largest absolute Gasteiger partial charge is 0.493 e. The zero-order valence-corrected chi connectivity index (χ0v) is 12.3. The van der Waals surface area contributed by atoms with Crippen molar-refractivity contribution in [2.75, 3.05) is 6.61 Å². The Morgan fingerprint density at radius 2 is 2.05 bits per heavy atom. The summed E-state index contributed by atoms with van der Waals surface area (Å²) in [5.41, 5.74) is 1.21. The van der Waals surface area contributed by atoms with Crippen LogP contribution >= 0.6 is 0 Å². The van der Waals surface area contributed by atoms with Gasteiger partial charge in [-0.3, -0.25) is 0 Å². The number of benzene rings is 1. The van der Waals surface area contributed by atoms with Crippen molar-refractivity contribution in [2.24, 2.45) is 5.92 Å². The first-order valence-electron chi connectivity index (χ1n) is 7.21. The lowest BCUT2D eigenvalue weighted by Crippen LogP contribution is -2.16. The van der Waals surface area contributed by atoms with Crippen molar-refractivity contribution in [1.82, 2.24) is 0 Å². The van der Waals surface area contributed by atoms with Crippen molar-refractivity contribution >= 4 is 0 Å². The number of hydrogen-bond donors (Lipinski definition) is 1. The molecule has 2 atom stereocenters. The summed E-state index contributed by atoms with van der Waals surface area (Å²) < 4.78 is 5.68. The number of aryl methyl sites for hydroxylation is 1. The lowest BCUT2D eigenvalue weighted by atomic mass is 9.97. The number of aliphatic hydroxyl groups excluding tert-OH is 1. The molecule has 0 saturated heterocycles. The van der Waals surface area contributed by atoms with Gasteiger partial charge in [0.05, 0.1) is 12.7 Å². The van der Waals surface area contributed by atoms with Crippen LogP contribution in [0.15, 0.2) is 36.4 Å². The maximum atomic E-state index is 9.80. The monoisotopic (exact) mass is 262 g/mol. The molecule has 0 bridgehead atoms. The third-order valence-electron chi connectivity index (χ3n) is 3.31. The average Bonchev–Trinajstić information content (AvgIpc) is 2.42. The van der Waals surface area contributed by atoms with Gasteiger partial charge in [0, 0.05) is 5.92 Å². The van der Waals surface area contributed by atoms with E-state index >= 15 is 0 Å². The van der Waals surface area contributed by atoms with Gasteiger partial charge in [0.15, 0.2) is 0 Å². The summed E-state index contributed by atoms with van der Waals surface area (Å²) >= 11 is 0. The first-order valence-corrected chi connectivity index (χ1v) is 7.21. The van der Waals surface area contributed by atoms with Crippen LogP contribution in [0.5, 0.6) is 5.75 Å². The maximum Gasteiger partial charge on any atom is 0.119 e. The highest BCUT2D eigenvalue weighted by Gasteiger charge is 2.11. The Hall–Kier alpha value is -1.28. The molecule has 19 heavy (non-hydrogen) atoms. The standard InChI is InChI=1S/C17H26O2/c1-4-15(17(18)5-2)10-6-7-12-19-16-11-8-9-14(3)13-16/h6,8-11,13,15,17-18H,4-5,7,12H2,1-3H3/b10-6+. The molecule has 0 aliphatic rings. The van der Waals surface area contributed by atoms with E-state index in [1.54, 1.807) is 0 Å². The number of ether oxygens (including phenoxy) is 1. The quantitative estimate of drug-likeness (QED) is 0.564. The summed E-state index contributed by atoms with van der Waals surface area (Å²) in [6, 6.07) is 8.09. The average molecular weight is 262 g/mol. The van der Waals surface area contributed by atoms with Crippen LogP contribution in [0.2, 0.25) is 0 Å². The number of hydrogen-bond acceptors (Lipinski definition) is 2. The normalized spacial score (nSPS) is 14.5. The van der Waals surface area contributed by atoms with Gasteiger partial charge in [-0.15, -0.1) is 0 Å². The fourth-order valence-corrected chi connectivity index (χ4v) is 2.06. The van der Waals surface area contributed by atoms with Crippen LogP contribution in [0.4, 0.5) is 0 Å². The van der Waals surface area contributed by atoms with E-state index in [1.165, 1.54) is 5.56 Å². The molecule has 0 heterocycles. The summed E-state index contributed by atoms with van der Waals surface area (Å²) in [5, 5.41) is 9.80. The van der Waals surface area contributed by atoms with Crippen LogP contribution in [0.3, 0.4) is 0 Å². The van der Waals surface area contributed by atoms with Gasteiger partial charge in [0.1, 0.15) is 5.75 Å². The van der Waals surface area contributed by atoms with Gasteiger partial charge in [-0.2, -0.15) is 0 Å². The van der Waals surface area contributed by atoms with Crippen LogP contribution in [-0.4, -0.2) is 17.8 Å². The minimum atomic E-state index is -0.223. The molecule has 1 N–H and O–H groups in total. The van der Waals surface area contributed by atoms with E-state index in [9.17, 15) is 5.11 Å². The van der Waals surface area contributed by atoms with E-state index in [0.29, 0.717) is 6.61 Å². The van der Waals surface area contributed by atoms with Crippen LogP contribution < -0.4 is 4.74 Å². The maximum absolute atomic E-state index is 9.80. The van der Waals surface area contributed by atoms with Crippen molar-refractivity contribution in [3.05, 3.63) is 42.0 Å². The van der Waals surface area contributed by atoms with Gasteiger partial charge >= 0.3 is 0 Å². The van der Waals surface area contributed by atoms with E-state index in [4.69, 9.17) is 4.74 Å². The molecule has 1 aromatic rings. The van der Waals surface area contributed by atoms with Crippen molar-refractivity contribution in [1.29, 1.82) is 0 Å². The Bertz CT molecular complexity index is 385. The van der Waals surface area contributed by atoms with Gasteiger partial charge in [-0.1, -0.05) is 38.1 Å². The van der Waals surface area contributed by atoms with Crippen molar-refractivity contribution < 1.29 is 9.84 Å². The Kier molecular flexibility index (Phi) is 7.27. The van der Waals surface area contributed by atoms with E-state index in [-0.39, 0.29) is 12.0 Å². The molecule has 0 saturated carbocycles. The third-order valence-corrected chi connectivity index (χ3v) is 3.31. The molecule has 2 nitrogen and oxygen atoms in total. The Morgan fingerprint density at radius 3 is 2.68 bits per heavy atom. The molecule has 1 aromatic carbocycles. The molecule has 2 unspecified atom stereocenters. The van der Waals surface area contributed by atoms with Crippen LogP contribution in [0.25, 0.3) is 0 Å². The zero-order chi connectivity index (χ0) is 14.1. The second-order valence-corrected chi connectivity index (χ2v) is 4.93. The fraction of sp³-hybridized carbons (Fsp3) is 0.529. The summed E-state index contributed by atoms with van der Waals surface area (Å²) in [6.45, 7) is 6.86. The number of aliphatic hydroxyl groups is 1. The summed E-state index contributed by atoms with van der Waals surface area (Å²) in [5.74, 6) is 1.19. The van der Waals surface area contributed by atoms with Gasteiger partial charge in [-0.05, 0) is 43.9 Å². The molecule has 2 heteroatoms. The Morgan fingerprint density at radius 1 is 1.26 bits per heavy atom. The summed E-state index contributed by atoms with van der Waals surface area (Å²) in [6.07, 6.45) is 6.67. The topological polar surface area (TPSA) is 29.5 Å². The number of rotatable bonds is 8. The minimum Gasteiger partial charge on any atom is -0.493 e. The summed E-state index contributed by atoms with van der Waals surface area (Å²) in [7, 11) is 0. The molecule has 0 aliphatic heterocycles. The Labute approximate surface area is 117 Å². The highest BCUT2D eigenvalue weighted by Crippen LogP contribution is 2.15. The molecule has 0 aromatic heterocycles. The van der Waals surface area contributed by atoms with Gasteiger partial charge in [0.2, 0.25) is 0 Å². The van der Waals surface area contributed by atoms with Gasteiger partial charge < -0.3 is 9.84 Å². The van der Waals surface area contributed by atoms with Crippen LogP contribution in [0.1, 0.15) is 38.7 Å². The molecule has 0 fully saturated rings. The highest BCUT2D eigenvalue weighted by atomic mass is 16.5. The molecule has 0 aliphatic carbocycles. The Balaban J connectivity index is 2.30. The van der Waals surface area contributed by atoms with E-state index in [1.807, 2.05) is 25.1 Å². The zero-order valence-electron chi connectivity index (χ0n) is 12.3. The highest BCUT2D eigenvalue weighted by molar-refractivity contribution is 5.27. The van der Waals surface area contributed by atoms with Crippen molar-refractivity contribution in [3.8, 4) is 5.75 Å². The second-order valence-electron chi connectivity index (χ2n) is 4.93. The van der Waals surface area contributed by atoms with E-state index < -0.39 is 0 Å². The second kappa shape index (κ2) is 8.76. The molecular weight excluding hydrogens is 236 g/mol. The van der Waals surface area contributed by atoms with Crippen LogP contribution in [-0.2, 0) is 0 Å². The summed E-state index contributed by atoms with van der Waals surface area (Å²) in [4.78, 5) is 0. The van der Waals surface area contributed by atoms with Crippen LogP contribution in [0, 0.1) is 12.8 Å². The molecular formula is C17H26O2. The minimum absolute atomic E-state index is 0.223. The first kappa shape index (κ1) is 15.8.